The van der Waals surface area contributed by atoms with Crippen molar-refractivity contribution < 1.29 is 8.91 Å². The van der Waals surface area contributed by atoms with E-state index < -0.39 is 0 Å². The maximum atomic E-state index is 13.3. The van der Waals surface area contributed by atoms with Gasteiger partial charge >= 0.3 is 0 Å². The first-order chi connectivity index (χ1) is 15.0. The number of aryl methyl sites for hydroxylation is 1. The van der Waals surface area contributed by atoms with Crippen molar-refractivity contribution in [3.63, 3.8) is 0 Å². The second-order valence-corrected chi connectivity index (χ2v) is 9.24. The molecule has 1 aromatic heterocycles. The van der Waals surface area contributed by atoms with Crippen molar-refractivity contribution in [1.29, 1.82) is 0 Å². The molecule has 3 aromatic rings. The van der Waals surface area contributed by atoms with Crippen LogP contribution in [0.2, 0.25) is 5.02 Å². The molecular formula is C25H29ClFN3O. The van der Waals surface area contributed by atoms with Crippen LogP contribution in [0.15, 0.2) is 53.1 Å². The van der Waals surface area contributed by atoms with Gasteiger partial charge in [0.2, 0.25) is 11.7 Å². The van der Waals surface area contributed by atoms with E-state index in [4.69, 9.17) is 16.1 Å². The average Bonchev–Trinajstić information content (AvgIpc) is 3.24. The first kappa shape index (κ1) is 22.0. The minimum Gasteiger partial charge on any atom is -0.339 e. The fraction of sp³-hybridized carbons (Fsp3) is 0.440. The Bertz CT molecular complexity index is 980. The van der Waals surface area contributed by atoms with Crippen LogP contribution < -0.4 is 0 Å². The van der Waals surface area contributed by atoms with Crippen molar-refractivity contribution in [2.45, 2.75) is 44.6 Å². The standard InChI is InChI=1S/C25H29ClFN3O/c1-30(2)24(19-11-13-22(27)14-12-19)18-9-6-17(7-10-18)8-15-23-28-25(29-31-23)20-4-3-5-21(26)16-20/h3-5,11-14,16-18,24H,6-10,15H2,1-2H3. The summed E-state index contributed by atoms with van der Waals surface area (Å²) in [5.41, 5.74) is 2.08. The van der Waals surface area contributed by atoms with Gasteiger partial charge in [-0.1, -0.05) is 53.9 Å². The summed E-state index contributed by atoms with van der Waals surface area (Å²) in [7, 11) is 4.24. The van der Waals surface area contributed by atoms with Gasteiger partial charge in [0.15, 0.2) is 0 Å². The molecule has 0 spiro atoms. The molecule has 0 bridgehead atoms. The summed E-state index contributed by atoms with van der Waals surface area (Å²) in [4.78, 5) is 6.82. The first-order valence-electron chi connectivity index (χ1n) is 11.0. The van der Waals surface area contributed by atoms with E-state index in [1.165, 1.54) is 31.2 Å². The van der Waals surface area contributed by atoms with Gasteiger partial charge in [0.05, 0.1) is 0 Å². The molecule has 1 aliphatic carbocycles. The predicted molar refractivity (Wildman–Crippen MR) is 121 cm³/mol. The van der Waals surface area contributed by atoms with E-state index in [0.29, 0.717) is 34.6 Å². The molecule has 164 valence electrons. The maximum absolute atomic E-state index is 13.3. The lowest BCUT2D eigenvalue weighted by atomic mass is 9.75. The van der Waals surface area contributed by atoms with E-state index in [1.807, 2.05) is 36.4 Å². The van der Waals surface area contributed by atoms with Gasteiger partial charge in [0.1, 0.15) is 5.82 Å². The van der Waals surface area contributed by atoms with Crippen LogP contribution in [0.1, 0.15) is 49.6 Å². The molecule has 1 saturated carbocycles. The van der Waals surface area contributed by atoms with Crippen molar-refractivity contribution in [1.82, 2.24) is 15.0 Å². The van der Waals surface area contributed by atoms with Gasteiger partial charge in [-0.15, -0.1) is 0 Å². The molecule has 0 radical (unpaired) electrons. The number of hydrogen-bond acceptors (Lipinski definition) is 4. The van der Waals surface area contributed by atoms with Crippen molar-refractivity contribution in [2.75, 3.05) is 14.1 Å². The molecule has 31 heavy (non-hydrogen) atoms. The Labute approximate surface area is 188 Å². The molecule has 0 saturated heterocycles. The van der Waals surface area contributed by atoms with E-state index in [0.717, 1.165) is 18.4 Å². The lowest BCUT2D eigenvalue weighted by Crippen LogP contribution is -2.30. The van der Waals surface area contributed by atoms with Gasteiger partial charge < -0.3 is 9.42 Å². The Morgan fingerprint density at radius 1 is 1.10 bits per heavy atom. The zero-order valence-corrected chi connectivity index (χ0v) is 18.9. The molecule has 2 aromatic carbocycles. The van der Waals surface area contributed by atoms with Crippen molar-refractivity contribution in [3.8, 4) is 11.4 Å². The van der Waals surface area contributed by atoms with Crippen LogP contribution in [0.4, 0.5) is 4.39 Å². The average molecular weight is 442 g/mol. The van der Waals surface area contributed by atoms with Gasteiger partial charge in [-0.05, 0) is 75.0 Å². The van der Waals surface area contributed by atoms with E-state index >= 15 is 0 Å². The summed E-state index contributed by atoms with van der Waals surface area (Å²) in [6.45, 7) is 0. The quantitative estimate of drug-likeness (QED) is 0.415. The molecule has 1 aliphatic rings. The zero-order valence-electron chi connectivity index (χ0n) is 18.1. The molecule has 0 aliphatic heterocycles. The summed E-state index contributed by atoms with van der Waals surface area (Å²) >= 11 is 6.06. The van der Waals surface area contributed by atoms with Gasteiger partial charge in [-0.3, -0.25) is 0 Å². The number of benzene rings is 2. The third-order valence-electron chi connectivity index (χ3n) is 6.42. The third kappa shape index (κ3) is 5.52. The van der Waals surface area contributed by atoms with E-state index in [9.17, 15) is 4.39 Å². The highest BCUT2D eigenvalue weighted by Crippen LogP contribution is 2.40. The van der Waals surface area contributed by atoms with Crippen LogP contribution in [-0.2, 0) is 6.42 Å². The fourth-order valence-corrected chi connectivity index (χ4v) is 5.06. The Balaban J connectivity index is 1.30. The number of hydrogen-bond donors (Lipinski definition) is 0. The molecule has 0 amide bonds. The van der Waals surface area contributed by atoms with E-state index in [2.05, 4.69) is 29.1 Å². The predicted octanol–water partition coefficient (Wildman–Crippen LogP) is 6.57. The minimum atomic E-state index is -0.176. The van der Waals surface area contributed by atoms with Gasteiger partial charge in [-0.2, -0.15) is 4.98 Å². The normalized spacial score (nSPS) is 20.2. The zero-order chi connectivity index (χ0) is 21.8. The van der Waals surface area contributed by atoms with Crippen LogP contribution in [0.5, 0.6) is 0 Å². The number of halogens is 2. The molecule has 0 N–H and O–H groups in total. The maximum Gasteiger partial charge on any atom is 0.226 e. The first-order valence-corrected chi connectivity index (χ1v) is 11.4. The number of rotatable bonds is 7. The molecule has 4 nitrogen and oxygen atoms in total. The highest BCUT2D eigenvalue weighted by molar-refractivity contribution is 6.30. The van der Waals surface area contributed by atoms with Crippen LogP contribution in [-0.4, -0.2) is 29.1 Å². The Morgan fingerprint density at radius 3 is 2.52 bits per heavy atom. The second-order valence-electron chi connectivity index (χ2n) is 8.80. The molecule has 6 heteroatoms. The minimum absolute atomic E-state index is 0.176. The lowest BCUT2D eigenvalue weighted by Gasteiger charge is -2.37. The van der Waals surface area contributed by atoms with Gasteiger partial charge in [-0.25, -0.2) is 4.39 Å². The van der Waals surface area contributed by atoms with Crippen LogP contribution in [0.3, 0.4) is 0 Å². The summed E-state index contributed by atoms with van der Waals surface area (Å²) < 4.78 is 18.8. The number of nitrogens with zero attached hydrogens (tertiary/aromatic N) is 3. The van der Waals surface area contributed by atoms with Crippen LogP contribution in [0.25, 0.3) is 11.4 Å². The summed E-state index contributed by atoms with van der Waals surface area (Å²) in [6.07, 6.45) is 6.63. The molecule has 1 heterocycles. The molecule has 1 unspecified atom stereocenters. The smallest absolute Gasteiger partial charge is 0.226 e. The SMILES string of the molecule is CN(C)C(c1ccc(F)cc1)C1CCC(CCc2nc(-c3cccc(Cl)c3)no2)CC1. The second kappa shape index (κ2) is 9.92. The van der Waals surface area contributed by atoms with E-state index in [-0.39, 0.29) is 5.82 Å². The Morgan fingerprint density at radius 2 is 1.84 bits per heavy atom. The van der Waals surface area contributed by atoms with E-state index in [1.54, 1.807) is 12.1 Å². The van der Waals surface area contributed by atoms with Crippen molar-refractivity contribution >= 4 is 11.6 Å². The van der Waals surface area contributed by atoms with Crippen LogP contribution >= 0.6 is 11.6 Å². The molecule has 4 rings (SSSR count). The highest BCUT2D eigenvalue weighted by atomic mass is 35.5. The molecular weight excluding hydrogens is 413 g/mol. The Kier molecular flexibility index (Phi) is 7.03. The third-order valence-corrected chi connectivity index (χ3v) is 6.66. The van der Waals surface area contributed by atoms with Gasteiger partial charge in [0.25, 0.3) is 0 Å². The van der Waals surface area contributed by atoms with Crippen molar-refractivity contribution in [3.05, 3.63) is 70.8 Å². The van der Waals surface area contributed by atoms with Gasteiger partial charge in [0, 0.05) is 23.0 Å². The summed E-state index contributed by atoms with van der Waals surface area (Å²) in [6, 6.07) is 14.8. The lowest BCUT2D eigenvalue weighted by molar-refractivity contribution is 0.145. The van der Waals surface area contributed by atoms with Crippen molar-refractivity contribution in [2.24, 2.45) is 11.8 Å². The largest absolute Gasteiger partial charge is 0.339 e. The van der Waals surface area contributed by atoms with Crippen LogP contribution in [0, 0.1) is 17.7 Å². The summed E-state index contributed by atoms with van der Waals surface area (Å²) in [5, 5.41) is 4.77. The fourth-order valence-electron chi connectivity index (χ4n) is 4.87. The summed E-state index contributed by atoms with van der Waals surface area (Å²) in [5.74, 6) is 2.37. The monoisotopic (exact) mass is 441 g/mol. The Hall–Kier alpha value is -2.24. The molecule has 1 fully saturated rings. The highest BCUT2D eigenvalue weighted by Gasteiger charge is 2.30. The number of aromatic nitrogens is 2. The molecule has 1 atom stereocenters. The topological polar surface area (TPSA) is 42.2 Å².